The molecule has 0 aromatic heterocycles. The van der Waals surface area contributed by atoms with E-state index in [1.54, 1.807) is 0 Å². The molecule has 1 unspecified atom stereocenters. The molecule has 0 heterocycles. The Kier molecular flexibility index (Phi) is 6.55. The second-order valence-corrected chi connectivity index (χ2v) is 6.31. The van der Waals surface area contributed by atoms with Crippen LogP contribution in [0.15, 0.2) is 53.0 Å². The van der Waals surface area contributed by atoms with Crippen LogP contribution in [0.1, 0.15) is 12.0 Å². The Morgan fingerprint density at radius 3 is 2.48 bits per heavy atom. The Bertz CT molecular complexity index is 559. The van der Waals surface area contributed by atoms with Gasteiger partial charge in [0.15, 0.2) is 0 Å². The van der Waals surface area contributed by atoms with Crippen LogP contribution < -0.4 is 10.5 Å². The number of ether oxygens (including phenoxy) is 1. The molecule has 0 radical (unpaired) electrons. The van der Waals surface area contributed by atoms with Gasteiger partial charge < -0.3 is 10.5 Å². The molecule has 0 aliphatic heterocycles. The van der Waals surface area contributed by atoms with E-state index in [2.05, 4.69) is 22.0 Å². The highest BCUT2D eigenvalue weighted by atomic mass is 79.9. The molecule has 0 fully saturated rings. The molecule has 0 saturated heterocycles. The van der Waals surface area contributed by atoms with Gasteiger partial charge in [-0.15, -0.1) is 0 Å². The summed E-state index contributed by atoms with van der Waals surface area (Å²) in [6, 6.07) is 15.8. The maximum Gasteiger partial charge on any atom is 0.119 e. The predicted molar refractivity (Wildman–Crippen MR) is 92.0 cm³/mol. The molecule has 4 heteroatoms. The van der Waals surface area contributed by atoms with Crippen molar-refractivity contribution in [3.63, 3.8) is 0 Å². The largest absolute Gasteiger partial charge is 0.494 e. The highest BCUT2D eigenvalue weighted by Gasteiger charge is 2.10. The summed E-state index contributed by atoms with van der Waals surface area (Å²) < 4.78 is 6.80. The average Bonchev–Trinajstić information content (AvgIpc) is 2.50. The highest BCUT2D eigenvalue weighted by molar-refractivity contribution is 9.10. The topological polar surface area (TPSA) is 35.2 Å². The van der Waals surface area contributed by atoms with E-state index in [9.17, 15) is 0 Å². The van der Waals surface area contributed by atoms with Crippen LogP contribution in [-0.2, 0) is 6.42 Å². The molecule has 2 N–H and O–H groups in total. The molecule has 2 aromatic rings. The van der Waals surface area contributed by atoms with E-state index in [1.807, 2.05) is 42.5 Å². The van der Waals surface area contributed by atoms with Gasteiger partial charge in [0, 0.05) is 9.50 Å². The highest BCUT2D eigenvalue weighted by Crippen LogP contribution is 2.21. The molecule has 2 nitrogen and oxygen atoms in total. The zero-order valence-corrected chi connectivity index (χ0v) is 14.1. The SMILES string of the molecule is NCC(CCOc1ccc(Br)cc1)Cc1ccccc1Cl. The second-order valence-electron chi connectivity index (χ2n) is 4.99. The fraction of sp³-hybridized carbons (Fsp3) is 0.294. The third kappa shape index (κ3) is 5.34. The van der Waals surface area contributed by atoms with Gasteiger partial charge in [0.05, 0.1) is 6.61 Å². The van der Waals surface area contributed by atoms with E-state index in [4.69, 9.17) is 22.1 Å². The molecular formula is C17H19BrClNO. The smallest absolute Gasteiger partial charge is 0.119 e. The number of hydrogen-bond acceptors (Lipinski definition) is 2. The standard InChI is InChI=1S/C17H19BrClNO/c18-15-5-7-16(8-6-15)21-10-9-13(12-20)11-14-3-1-2-4-17(14)19/h1-8,13H,9-12,20H2. The van der Waals surface area contributed by atoms with Gasteiger partial charge in [0.2, 0.25) is 0 Å². The van der Waals surface area contributed by atoms with E-state index in [-0.39, 0.29) is 0 Å². The van der Waals surface area contributed by atoms with Crippen molar-refractivity contribution in [3.8, 4) is 5.75 Å². The fourth-order valence-electron chi connectivity index (χ4n) is 2.15. The normalized spacial score (nSPS) is 12.1. The van der Waals surface area contributed by atoms with E-state index in [1.165, 1.54) is 0 Å². The van der Waals surface area contributed by atoms with Crippen molar-refractivity contribution < 1.29 is 4.74 Å². The van der Waals surface area contributed by atoms with Gasteiger partial charge in [-0.2, -0.15) is 0 Å². The first-order valence-electron chi connectivity index (χ1n) is 7.01. The van der Waals surface area contributed by atoms with Crippen LogP contribution in [0.25, 0.3) is 0 Å². The van der Waals surface area contributed by atoms with Crippen molar-refractivity contribution in [1.82, 2.24) is 0 Å². The van der Waals surface area contributed by atoms with Gasteiger partial charge in [-0.25, -0.2) is 0 Å². The summed E-state index contributed by atoms with van der Waals surface area (Å²) >= 11 is 9.60. The molecule has 0 aliphatic rings. The van der Waals surface area contributed by atoms with Crippen molar-refractivity contribution in [2.24, 2.45) is 11.7 Å². The molecule has 0 saturated carbocycles. The van der Waals surface area contributed by atoms with Crippen molar-refractivity contribution in [3.05, 3.63) is 63.6 Å². The first-order valence-corrected chi connectivity index (χ1v) is 8.18. The number of benzene rings is 2. The quantitative estimate of drug-likeness (QED) is 0.769. The molecule has 0 spiro atoms. The zero-order valence-electron chi connectivity index (χ0n) is 11.8. The van der Waals surface area contributed by atoms with Gasteiger partial charge in [0.25, 0.3) is 0 Å². The van der Waals surface area contributed by atoms with E-state index >= 15 is 0 Å². The Morgan fingerprint density at radius 2 is 1.81 bits per heavy atom. The minimum atomic E-state index is 0.375. The van der Waals surface area contributed by atoms with E-state index < -0.39 is 0 Å². The summed E-state index contributed by atoms with van der Waals surface area (Å²) in [7, 11) is 0. The molecule has 0 amide bonds. The fourth-order valence-corrected chi connectivity index (χ4v) is 2.63. The summed E-state index contributed by atoms with van der Waals surface area (Å²) in [5, 5.41) is 0.810. The third-order valence-corrected chi connectivity index (χ3v) is 4.31. The summed E-state index contributed by atoms with van der Waals surface area (Å²) in [6.07, 6.45) is 1.80. The molecule has 0 bridgehead atoms. The lowest BCUT2D eigenvalue weighted by Gasteiger charge is -2.16. The minimum absolute atomic E-state index is 0.375. The van der Waals surface area contributed by atoms with Crippen LogP contribution >= 0.6 is 27.5 Å². The zero-order chi connectivity index (χ0) is 15.1. The Hall–Kier alpha value is -1.03. The number of hydrogen-bond donors (Lipinski definition) is 1. The summed E-state index contributed by atoms with van der Waals surface area (Å²) in [6.45, 7) is 1.29. The van der Waals surface area contributed by atoms with Crippen molar-refractivity contribution >= 4 is 27.5 Å². The number of halogens is 2. The van der Waals surface area contributed by atoms with Gasteiger partial charge in [-0.3, -0.25) is 0 Å². The summed E-state index contributed by atoms with van der Waals surface area (Å²) in [5.41, 5.74) is 7.02. The second kappa shape index (κ2) is 8.42. The van der Waals surface area contributed by atoms with Crippen LogP contribution in [-0.4, -0.2) is 13.2 Å². The van der Waals surface area contributed by atoms with Gasteiger partial charge in [-0.05, 0) is 61.2 Å². The third-order valence-electron chi connectivity index (χ3n) is 3.41. The van der Waals surface area contributed by atoms with Gasteiger partial charge >= 0.3 is 0 Å². The Morgan fingerprint density at radius 1 is 1.10 bits per heavy atom. The maximum absolute atomic E-state index is 6.19. The predicted octanol–water partition coefficient (Wildman–Crippen LogP) is 4.69. The minimum Gasteiger partial charge on any atom is -0.494 e. The van der Waals surface area contributed by atoms with Crippen LogP contribution in [0.2, 0.25) is 5.02 Å². The Balaban J connectivity index is 1.82. The summed E-state index contributed by atoms with van der Waals surface area (Å²) in [5.74, 6) is 1.26. The average molecular weight is 369 g/mol. The monoisotopic (exact) mass is 367 g/mol. The molecule has 1 atom stereocenters. The lowest BCUT2D eigenvalue weighted by molar-refractivity contribution is 0.279. The first-order chi connectivity index (χ1) is 10.2. The molecular weight excluding hydrogens is 350 g/mol. The molecule has 0 aliphatic carbocycles. The van der Waals surface area contributed by atoms with Gasteiger partial charge in [0.1, 0.15) is 5.75 Å². The lowest BCUT2D eigenvalue weighted by atomic mass is 9.96. The van der Waals surface area contributed by atoms with Crippen molar-refractivity contribution in [2.75, 3.05) is 13.2 Å². The summed E-state index contributed by atoms with van der Waals surface area (Å²) in [4.78, 5) is 0. The maximum atomic E-state index is 6.19. The van der Waals surface area contributed by atoms with E-state index in [0.29, 0.717) is 19.1 Å². The van der Waals surface area contributed by atoms with Crippen LogP contribution in [0.5, 0.6) is 5.75 Å². The lowest BCUT2D eigenvalue weighted by Crippen LogP contribution is -2.19. The number of nitrogens with two attached hydrogens (primary N) is 1. The van der Waals surface area contributed by atoms with Crippen LogP contribution in [0, 0.1) is 5.92 Å². The van der Waals surface area contributed by atoms with Crippen molar-refractivity contribution in [1.29, 1.82) is 0 Å². The van der Waals surface area contributed by atoms with E-state index in [0.717, 1.165) is 33.6 Å². The van der Waals surface area contributed by atoms with Crippen LogP contribution in [0.4, 0.5) is 0 Å². The number of rotatable bonds is 7. The van der Waals surface area contributed by atoms with Crippen LogP contribution in [0.3, 0.4) is 0 Å². The van der Waals surface area contributed by atoms with Gasteiger partial charge in [-0.1, -0.05) is 45.7 Å². The van der Waals surface area contributed by atoms with Crippen molar-refractivity contribution in [2.45, 2.75) is 12.8 Å². The first kappa shape index (κ1) is 16.3. The molecule has 21 heavy (non-hydrogen) atoms. The Labute approximate surface area is 139 Å². The molecule has 2 rings (SSSR count). The molecule has 2 aromatic carbocycles. The molecule has 112 valence electrons.